The van der Waals surface area contributed by atoms with Crippen molar-refractivity contribution >= 4 is 0 Å². The Balaban J connectivity index is 2.34. The van der Waals surface area contributed by atoms with Gasteiger partial charge in [0.25, 0.3) is 0 Å². The van der Waals surface area contributed by atoms with Gasteiger partial charge in [-0.3, -0.25) is 0 Å². The van der Waals surface area contributed by atoms with Gasteiger partial charge in [-0.1, -0.05) is 0 Å². The van der Waals surface area contributed by atoms with Crippen LogP contribution in [0, 0.1) is 6.92 Å². The number of imidazole rings is 1. The van der Waals surface area contributed by atoms with E-state index in [9.17, 15) is 0 Å². The van der Waals surface area contributed by atoms with Crippen molar-refractivity contribution in [3.63, 3.8) is 0 Å². The molecule has 1 atom stereocenters. The molecule has 11 heavy (non-hydrogen) atoms. The molecule has 60 valence electrons. The molecule has 1 aliphatic carbocycles. The van der Waals surface area contributed by atoms with Crippen molar-refractivity contribution in [1.29, 1.82) is 0 Å². The van der Waals surface area contributed by atoms with Crippen LogP contribution in [0.2, 0.25) is 0 Å². The quantitative estimate of drug-likeness (QED) is 0.568. The van der Waals surface area contributed by atoms with Gasteiger partial charge in [-0.05, 0) is 19.8 Å². The Kier molecular flexibility index (Phi) is 1.46. The van der Waals surface area contributed by atoms with Crippen molar-refractivity contribution in [3.05, 3.63) is 17.2 Å². The van der Waals surface area contributed by atoms with E-state index in [0.29, 0.717) is 6.04 Å². The average Bonchev–Trinajstić information content (AvgIpc) is 2.27. The van der Waals surface area contributed by atoms with Crippen molar-refractivity contribution in [2.45, 2.75) is 32.2 Å². The van der Waals surface area contributed by atoms with Crippen LogP contribution in [0.15, 0.2) is 0 Å². The summed E-state index contributed by atoms with van der Waals surface area (Å²) in [6, 6.07) is 0.336. The zero-order valence-electron chi connectivity index (χ0n) is 6.72. The van der Waals surface area contributed by atoms with Crippen LogP contribution in [0.25, 0.3) is 0 Å². The second-order valence-corrected chi connectivity index (χ2v) is 3.25. The molecule has 0 fully saturated rings. The van der Waals surface area contributed by atoms with Crippen molar-refractivity contribution in [3.8, 4) is 0 Å². The third kappa shape index (κ3) is 1.16. The first-order valence-corrected chi connectivity index (χ1v) is 4.05. The molecule has 0 saturated carbocycles. The Morgan fingerprint density at radius 1 is 1.64 bits per heavy atom. The first-order valence-electron chi connectivity index (χ1n) is 4.05. The third-order valence-corrected chi connectivity index (χ3v) is 2.20. The molecule has 0 aromatic carbocycles. The van der Waals surface area contributed by atoms with Crippen LogP contribution in [0.3, 0.4) is 0 Å². The normalized spacial score (nSPS) is 23.3. The minimum atomic E-state index is 0.336. The van der Waals surface area contributed by atoms with Gasteiger partial charge in [-0.25, -0.2) is 4.98 Å². The van der Waals surface area contributed by atoms with E-state index in [2.05, 4.69) is 9.97 Å². The molecule has 1 aromatic rings. The lowest BCUT2D eigenvalue weighted by atomic mass is 9.97. The lowest BCUT2D eigenvalue weighted by Crippen LogP contribution is -2.27. The molecule has 0 radical (unpaired) electrons. The summed E-state index contributed by atoms with van der Waals surface area (Å²) in [5, 5.41) is 0. The number of nitrogens with zero attached hydrogens (tertiary/aromatic N) is 1. The predicted octanol–water partition coefficient (Wildman–Crippen LogP) is 0.534. The molecule has 1 aromatic heterocycles. The lowest BCUT2D eigenvalue weighted by molar-refractivity contribution is 0.565. The maximum Gasteiger partial charge on any atom is 0.103 e. The van der Waals surface area contributed by atoms with Gasteiger partial charge < -0.3 is 10.7 Å². The molecule has 0 aliphatic heterocycles. The first kappa shape index (κ1) is 6.85. The third-order valence-electron chi connectivity index (χ3n) is 2.20. The van der Waals surface area contributed by atoms with Crippen LogP contribution in [0.5, 0.6) is 0 Å². The number of nitrogens with one attached hydrogen (secondary N) is 1. The summed E-state index contributed by atoms with van der Waals surface area (Å²) in [7, 11) is 0. The molecule has 0 bridgehead atoms. The smallest absolute Gasteiger partial charge is 0.103 e. The van der Waals surface area contributed by atoms with Crippen LogP contribution in [-0.2, 0) is 12.8 Å². The summed E-state index contributed by atoms with van der Waals surface area (Å²) in [6.45, 7) is 1.99. The van der Waals surface area contributed by atoms with Crippen LogP contribution in [0.1, 0.15) is 23.6 Å². The Labute approximate surface area is 66.0 Å². The maximum absolute atomic E-state index is 5.81. The molecule has 2 rings (SSSR count). The van der Waals surface area contributed by atoms with Gasteiger partial charge in [-0.15, -0.1) is 0 Å². The Hall–Kier alpha value is -0.830. The fourth-order valence-corrected chi connectivity index (χ4v) is 1.65. The number of rotatable bonds is 0. The van der Waals surface area contributed by atoms with E-state index in [0.717, 1.165) is 25.1 Å². The molecule has 3 nitrogen and oxygen atoms in total. The van der Waals surface area contributed by atoms with Gasteiger partial charge in [0, 0.05) is 18.2 Å². The summed E-state index contributed by atoms with van der Waals surface area (Å²) in [5.74, 6) is 1.02. The van der Waals surface area contributed by atoms with Gasteiger partial charge in [-0.2, -0.15) is 0 Å². The molecular formula is C8H13N3. The van der Waals surface area contributed by atoms with Crippen LogP contribution < -0.4 is 5.73 Å². The number of aromatic nitrogens is 2. The fraction of sp³-hybridized carbons (Fsp3) is 0.625. The van der Waals surface area contributed by atoms with E-state index < -0.39 is 0 Å². The first-order chi connectivity index (χ1) is 5.25. The zero-order valence-corrected chi connectivity index (χ0v) is 6.72. The van der Waals surface area contributed by atoms with Gasteiger partial charge >= 0.3 is 0 Å². The molecule has 3 heteroatoms. The summed E-state index contributed by atoms with van der Waals surface area (Å²) in [4.78, 5) is 7.61. The molecule has 0 amide bonds. The van der Waals surface area contributed by atoms with Crippen molar-refractivity contribution in [2.75, 3.05) is 0 Å². The summed E-state index contributed by atoms with van der Waals surface area (Å²) >= 11 is 0. The van der Waals surface area contributed by atoms with Crippen molar-refractivity contribution in [2.24, 2.45) is 5.73 Å². The summed E-state index contributed by atoms with van der Waals surface area (Å²) in [5.41, 5.74) is 8.29. The Bertz CT molecular complexity index is 264. The standard InChI is InChI=1S/C8H13N3/c1-5-10-7-3-2-6(9)4-8(7)11-5/h6H,2-4,9H2,1H3,(H,10,11)/t6-/m1/s1. The number of nitrogens with two attached hydrogens (primary N) is 1. The van der Waals surface area contributed by atoms with Crippen molar-refractivity contribution < 1.29 is 0 Å². The molecule has 0 saturated heterocycles. The number of aryl methyl sites for hydroxylation is 2. The van der Waals surface area contributed by atoms with Crippen molar-refractivity contribution in [1.82, 2.24) is 9.97 Å². The maximum atomic E-state index is 5.81. The van der Waals surface area contributed by atoms with E-state index in [1.54, 1.807) is 0 Å². The van der Waals surface area contributed by atoms with Crippen LogP contribution in [-0.4, -0.2) is 16.0 Å². The van der Waals surface area contributed by atoms with Gasteiger partial charge in [0.05, 0.1) is 5.69 Å². The minimum absolute atomic E-state index is 0.336. The van der Waals surface area contributed by atoms with E-state index in [-0.39, 0.29) is 0 Å². The van der Waals surface area contributed by atoms with E-state index >= 15 is 0 Å². The SMILES string of the molecule is Cc1nc2c([nH]1)C[C@H](N)CC2. The highest BCUT2D eigenvalue weighted by Gasteiger charge is 2.17. The Morgan fingerprint density at radius 2 is 2.45 bits per heavy atom. The van der Waals surface area contributed by atoms with Gasteiger partial charge in [0.1, 0.15) is 5.82 Å². The topological polar surface area (TPSA) is 54.7 Å². The van der Waals surface area contributed by atoms with E-state index in [1.807, 2.05) is 6.92 Å². The number of fused-ring (bicyclic) bond motifs is 1. The summed E-state index contributed by atoms with van der Waals surface area (Å²) in [6.07, 6.45) is 3.09. The molecule has 3 N–H and O–H groups in total. The molecule has 1 heterocycles. The van der Waals surface area contributed by atoms with E-state index in [1.165, 1.54) is 11.4 Å². The number of H-pyrrole nitrogens is 1. The van der Waals surface area contributed by atoms with Crippen LogP contribution in [0.4, 0.5) is 0 Å². The largest absolute Gasteiger partial charge is 0.346 e. The predicted molar refractivity (Wildman–Crippen MR) is 43.3 cm³/mol. The van der Waals surface area contributed by atoms with Gasteiger partial charge in [0.15, 0.2) is 0 Å². The average molecular weight is 151 g/mol. The molecule has 0 unspecified atom stereocenters. The fourth-order valence-electron chi connectivity index (χ4n) is 1.65. The summed E-state index contributed by atoms with van der Waals surface area (Å²) < 4.78 is 0. The number of hydrogen-bond donors (Lipinski definition) is 2. The second-order valence-electron chi connectivity index (χ2n) is 3.25. The Morgan fingerprint density at radius 3 is 3.27 bits per heavy atom. The van der Waals surface area contributed by atoms with E-state index in [4.69, 9.17) is 5.73 Å². The minimum Gasteiger partial charge on any atom is -0.346 e. The second kappa shape index (κ2) is 2.34. The number of hydrogen-bond acceptors (Lipinski definition) is 2. The molecular weight excluding hydrogens is 138 g/mol. The van der Waals surface area contributed by atoms with Gasteiger partial charge in [0.2, 0.25) is 0 Å². The molecule has 0 spiro atoms. The van der Waals surface area contributed by atoms with Crippen LogP contribution >= 0.6 is 0 Å². The lowest BCUT2D eigenvalue weighted by Gasteiger charge is -2.15. The number of aromatic amines is 1. The highest BCUT2D eigenvalue weighted by molar-refractivity contribution is 5.18. The monoisotopic (exact) mass is 151 g/mol. The molecule has 1 aliphatic rings. The highest BCUT2D eigenvalue weighted by atomic mass is 14.9. The highest BCUT2D eigenvalue weighted by Crippen LogP contribution is 2.17. The zero-order chi connectivity index (χ0) is 7.84.